The van der Waals surface area contributed by atoms with Crippen LogP contribution >= 0.6 is 11.3 Å². The Labute approximate surface area is 139 Å². The first kappa shape index (κ1) is 15.4. The second-order valence-electron chi connectivity index (χ2n) is 5.60. The molecule has 0 spiro atoms. The second kappa shape index (κ2) is 6.30. The Morgan fingerprint density at radius 1 is 1.26 bits per heavy atom. The Morgan fingerprint density at radius 3 is 2.83 bits per heavy atom. The van der Waals surface area contributed by atoms with Gasteiger partial charge in [0.1, 0.15) is 5.01 Å². The Bertz CT molecular complexity index is 855. The molecule has 4 nitrogen and oxygen atoms in total. The fourth-order valence-corrected chi connectivity index (χ4v) is 3.28. The molecule has 1 amide bonds. The van der Waals surface area contributed by atoms with Gasteiger partial charge in [0, 0.05) is 34.5 Å². The van der Waals surface area contributed by atoms with Gasteiger partial charge in [-0.05, 0) is 29.7 Å². The molecule has 0 aliphatic heterocycles. The molecule has 2 heterocycles. The number of rotatable bonds is 4. The van der Waals surface area contributed by atoms with E-state index in [2.05, 4.69) is 18.8 Å². The highest BCUT2D eigenvalue weighted by molar-refractivity contribution is 7.13. The summed E-state index contributed by atoms with van der Waals surface area (Å²) < 4.78 is 0. The summed E-state index contributed by atoms with van der Waals surface area (Å²) in [6.07, 6.45) is 3.66. The molecule has 0 unspecified atom stereocenters. The number of carbonyl (C=O) groups is 1. The zero-order valence-corrected chi connectivity index (χ0v) is 13.8. The van der Waals surface area contributed by atoms with Crippen molar-refractivity contribution in [2.45, 2.75) is 19.8 Å². The summed E-state index contributed by atoms with van der Waals surface area (Å²) in [6.45, 7) is 4.31. The average Bonchev–Trinajstić information content (AvgIpc) is 3.05. The Balaban J connectivity index is 2.02. The lowest BCUT2D eigenvalue weighted by atomic mass is 9.98. The number of aromatic nitrogens is 2. The number of hydrogen-bond acceptors (Lipinski definition) is 4. The topological polar surface area (TPSA) is 68.9 Å². The molecule has 116 valence electrons. The zero-order chi connectivity index (χ0) is 16.4. The van der Waals surface area contributed by atoms with Gasteiger partial charge in [-0.2, -0.15) is 0 Å². The molecule has 0 aliphatic carbocycles. The molecule has 3 aromatic rings. The van der Waals surface area contributed by atoms with Gasteiger partial charge in [-0.1, -0.05) is 26.0 Å². The van der Waals surface area contributed by atoms with E-state index in [1.54, 1.807) is 23.5 Å². The minimum atomic E-state index is -0.432. The molecule has 0 bridgehead atoms. The molecule has 0 saturated carbocycles. The van der Waals surface area contributed by atoms with Gasteiger partial charge in [-0.15, -0.1) is 11.3 Å². The number of thiazole rings is 1. The minimum Gasteiger partial charge on any atom is -0.366 e. The van der Waals surface area contributed by atoms with E-state index >= 15 is 0 Å². The molecular formula is C18H17N3OS. The van der Waals surface area contributed by atoms with E-state index in [9.17, 15) is 4.79 Å². The van der Waals surface area contributed by atoms with E-state index in [0.29, 0.717) is 11.5 Å². The largest absolute Gasteiger partial charge is 0.366 e. The number of nitrogens with zero attached hydrogens (tertiary/aromatic N) is 2. The lowest BCUT2D eigenvalue weighted by Gasteiger charge is -2.09. The molecule has 0 aliphatic rings. The Morgan fingerprint density at radius 2 is 2.09 bits per heavy atom. The predicted octanol–water partition coefficient (Wildman–Crippen LogP) is 4.09. The van der Waals surface area contributed by atoms with Crippen molar-refractivity contribution in [3.63, 3.8) is 0 Å². The molecule has 0 radical (unpaired) electrons. The second-order valence-corrected chi connectivity index (χ2v) is 6.46. The Hall–Kier alpha value is -2.53. The smallest absolute Gasteiger partial charge is 0.248 e. The van der Waals surface area contributed by atoms with Gasteiger partial charge >= 0.3 is 0 Å². The maximum atomic E-state index is 11.3. The van der Waals surface area contributed by atoms with E-state index in [4.69, 9.17) is 10.7 Å². The lowest BCUT2D eigenvalue weighted by molar-refractivity contribution is 0.100. The first-order valence-electron chi connectivity index (χ1n) is 7.36. The van der Waals surface area contributed by atoms with Crippen LogP contribution in [0, 0.1) is 0 Å². The molecule has 5 heteroatoms. The van der Waals surface area contributed by atoms with Crippen molar-refractivity contribution in [1.29, 1.82) is 0 Å². The van der Waals surface area contributed by atoms with Crippen molar-refractivity contribution >= 4 is 17.2 Å². The van der Waals surface area contributed by atoms with Crippen LogP contribution in [0.4, 0.5) is 0 Å². The van der Waals surface area contributed by atoms with Crippen LogP contribution in [0.3, 0.4) is 0 Å². The van der Waals surface area contributed by atoms with Gasteiger partial charge in [0.05, 0.1) is 5.69 Å². The van der Waals surface area contributed by atoms with Crippen LogP contribution < -0.4 is 5.73 Å². The average molecular weight is 323 g/mol. The summed E-state index contributed by atoms with van der Waals surface area (Å²) in [4.78, 5) is 20.3. The molecule has 0 fully saturated rings. The highest BCUT2D eigenvalue weighted by Crippen LogP contribution is 2.32. The van der Waals surface area contributed by atoms with Gasteiger partial charge in [0.15, 0.2) is 0 Å². The number of carbonyl (C=O) groups excluding carboxylic acids is 1. The first-order valence-corrected chi connectivity index (χ1v) is 8.24. The van der Waals surface area contributed by atoms with Crippen molar-refractivity contribution in [3.8, 4) is 21.8 Å². The summed E-state index contributed by atoms with van der Waals surface area (Å²) in [7, 11) is 0. The third kappa shape index (κ3) is 3.14. The van der Waals surface area contributed by atoms with Crippen LogP contribution in [0.25, 0.3) is 21.8 Å². The quantitative estimate of drug-likeness (QED) is 0.786. The normalized spacial score (nSPS) is 10.9. The third-order valence-corrected chi connectivity index (χ3v) is 4.54. The molecular weight excluding hydrogens is 306 g/mol. The summed E-state index contributed by atoms with van der Waals surface area (Å²) in [5.74, 6) is -0.0330. The highest BCUT2D eigenvalue weighted by atomic mass is 32.1. The van der Waals surface area contributed by atoms with Crippen molar-refractivity contribution in [3.05, 3.63) is 59.2 Å². The molecule has 2 N–H and O–H groups in total. The van der Waals surface area contributed by atoms with Crippen LogP contribution in [0.15, 0.2) is 48.1 Å². The molecule has 0 saturated heterocycles. The fourth-order valence-electron chi connectivity index (χ4n) is 2.46. The number of pyridine rings is 1. The minimum absolute atomic E-state index is 0.399. The molecule has 2 aromatic heterocycles. The van der Waals surface area contributed by atoms with Crippen molar-refractivity contribution < 1.29 is 4.79 Å². The summed E-state index contributed by atoms with van der Waals surface area (Å²) >= 11 is 1.55. The molecule has 3 rings (SSSR count). The standard InChI is InChI=1S/C18H17N3OS/c1-11(2)14-6-7-20-9-15(14)16-10-23-18(21-16)13-5-3-4-12(8-13)17(19)22/h3-11H,1-2H3,(H2,19,22). The van der Waals surface area contributed by atoms with E-state index in [-0.39, 0.29) is 0 Å². The number of amides is 1. The summed E-state index contributed by atoms with van der Waals surface area (Å²) in [6, 6.07) is 9.27. The first-order chi connectivity index (χ1) is 11.1. The van der Waals surface area contributed by atoms with Crippen LogP contribution in [0.5, 0.6) is 0 Å². The maximum Gasteiger partial charge on any atom is 0.248 e. The number of hydrogen-bond donors (Lipinski definition) is 1. The van der Waals surface area contributed by atoms with Crippen molar-refractivity contribution in [1.82, 2.24) is 9.97 Å². The van der Waals surface area contributed by atoms with Crippen LogP contribution in [-0.2, 0) is 0 Å². The fraction of sp³-hybridized carbons (Fsp3) is 0.167. The monoisotopic (exact) mass is 323 g/mol. The van der Waals surface area contributed by atoms with E-state index in [0.717, 1.165) is 21.8 Å². The number of primary amides is 1. The van der Waals surface area contributed by atoms with Crippen molar-refractivity contribution in [2.24, 2.45) is 5.73 Å². The number of benzene rings is 1. The summed E-state index contributed by atoms with van der Waals surface area (Å²) in [5, 5.41) is 2.89. The predicted molar refractivity (Wildman–Crippen MR) is 93.4 cm³/mol. The summed E-state index contributed by atoms with van der Waals surface area (Å²) in [5.41, 5.74) is 9.92. The van der Waals surface area contributed by atoms with Gasteiger partial charge in [0.25, 0.3) is 0 Å². The Kier molecular flexibility index (Phi) is 4.21. The third-order valence-electron chi connectivity index (χ3n) is 3.65. The van der Waals surface area contributed by atoms with Crippen molar-refractivity contribution in [2.75, 3.05) is 0 Å². The lowest BCUT2D eigenvalue weighted by Crippen LogP contribution is -2.10. The van der Waals surface area contributed by atoms with E-state index in [1.807, 2.05) is 36.0 Å². The maximum absolute atomic E-state index is 11.3. The molecule has 1 aromatic carbocycles. The zero-order valence-electron chi connectivity index (χ0n) is 13.0. The van der Waals surface area contributed by atoms with Gasteiger partial charge in [0.2, 0.25) is 5.91 Å². The van der Waals surface area contributed by atoms with E-state index in [1.165, 1.54) is 5.56 Å². The molecule has 23 heavy (non-hydrogen) atoms. The van der Waals surface area contributed by atoms with Crippen LogP contribution in [0.1, 0.15) is 35.7 Å². The number of nitrogens with two attached hydrogens (primary N) is 1. The van der Waals surface area contributed by atoms with Gasteiger partial charge < -0.3 is 5.73 Å². The van der Waals surface area contributed by atoms with Crippen LogP contribution in [0.2, 0.25) is 0 Å². The van der Waals surface area contributed by atoms with E-state index < -0.39 is 5.91 Å². The molecule has 0 atom stereocenters. The van der Waals surface area contributed by atoms with Gasteiger partial charge in [-0.25, -0.2) is 4.98 Å². The highest BCUT2D eigenvalue weighted by Gasteiger charge is 2.13. The SMILES string of the molecule is CC(C)c1ccncc1-c1csc(-c2cccc(C(N)=O)c2)n1. The van der Waals surface area contributed by atoms with Crippen LogP contribution in [-0.4, -0.2) is 15.9 Å². The van der Waals surface area contributed by atoms with Gasteiger partial charge in [-0.3, -0.25) is 9.78 Å².